The number of anilines is 1. The van der Waals surface area contributed by atoms with Gasteiger partial charge in [-0.3, -0.25) is 9.59 Å². The van der Waals surface area contributed by atoms with Crippen LogP contribution in [-0.2, 0) is 4.79 Å². The summed E-state index contributed by atoms with van der Waals surface area (Å²) in [5, 5.41) is 14.7. The fourth-order valence-electron chi connectivity index (χ4n) is 2.56. The number of hydrogen-bond acceptors (Lipinski definition) is 3. The van der Waals surface area contributed by atoms with Gasteiger partial charge in [0.2, 0.25) is 0 Å². The van der Waals surface area contributed by atoms with E-state index in [1.54, 1.807) is 31.2 Å². The molecule has 1 saturated heterocycles. The third-order valence-corrected chi connectivity index (χ3v) is 4.09. The monoisotopic (exact) mass is 333 g/mol. The zero-order valence-electron chi connectivity index (χ0n) is 14.1. The van der Waals surface area contributed by atoms with Crippen molar-refractivity contribution in [3.8, 4) is 0 Å². The number of nitrogens with zero attached hydrogens (tertiary/aromatic N) is 1. The number of aliphatic carboxylic acids is 1. The van der Waals surface area contributed by atoms with Gasteiger partial charge in [-0.05, 0) is 51.5 Å². The van der Waals surface area contributed by atoms with Crippen molar-refractivity contribution in [1.29, 1.82) is 0 Å². The minimum Gasteiger partial charge on any atom is -0.481 e. The lowest BCUT2D eigenvalue weighted by Crippen LogP contribution is -2.37. The molecule has 1 heterocycles. The van der Waals surface area contributed by atoms with E-state index in [2.05, 4.69) is 10.6 Å². The maximum absolute atomic E-state index is 12.2. The Hall–Kier alpha value is -2.57. The van der Waals surface area contributed by atoms with Gasteiger partial charge >= 0.3 is 12.0 Å². The Morgan fingerprint density at radius 3 is 2.33 bits per heavy atom. The quantitative estimate of drug-likeness (QED) is 0.786. The summed E-state index contributed by atoms with van der Waals surface area (Å²) in [5.74, 6) is -1.06. The van der Waals surface area contributed by atoms with Crippen LogP contribution >= 0.6 is 0 Å². The Morgan fingerprint density at radius 2 is 1.83 bits per heavy atom. The zero-order chi connectivity index (χ0) is 17.9. The Kier molecular flexibility index (Phi) is 5.11. The van der Waals surface area contributed by atoms with Crippen LogP contribution < -0.4 is 10.6 Å². The normalized spacial score (nSPS) is 20.1. The Balaban J connectivity index is 1.96. The minimum atomic E-state index is -0.893. The molecule has 1 atom stereocenters. The summed E-state index contributed by atoms with van der Waals surface area (Å²) in [5.41, 5.74) is 0.183. The number of carbonyl (C=O) groups excluding carboxylic acids is 2. The van der Waals surface area contributed by atoms with E-state index in [1.807, 2.05) is 13.8 Å². The molecule has 24 heavy (non-hydrogen) atoms. The number of hydrogen-bond donors (Lipinski definition) is 3. The highest BCUT2D eigenvalue weighted by molar-refractivity contribution is 5.95. The van der Waals surface area contributed by atoms with Crippen LogP contribution in [-0.4, -0.2) is 47.0 Å². The molecule has 1 fully saturated rings. The number of amides is 3. The highest BCUT2D eigenvalue weighted by Gasteiger charge is 2.42. The van der Waals surface area contributed by atoms with Gasteiger partial charge in [-0.1, -0.05) is 0 Å². The van der Waals surface area contributed by atoms with Gasteiger partial charge in [0, 0.05) is 30.4 Å². The lowest BCUT2D eigenvalue weighted by Gasteiger charge is -2.20. The standard InChI is InChI=1S/C17H23N3O4/c1-11(2)18-14(21)12-4-6-13(7-5-12)19-16(24)20-9-8-17(3,10-20)15(22)23/h4-7,11H,8-10H2,1-3H3,(H,18,21)(H,19,24)(H,22,23). The van der Waals surface area contributed by atoms with E-state index in [9.17, 15) is 19.5 Å². The SMILES string of the molecule is CC(C)NC(=O)c1ccc(NC(=O)N2CCC(C)(C(=O)O)C2)cc1. The zero-order valence-corrected chi connectivity index (χ0v) is 14.1. The molecule has 130 valence electrons. The number of nitrogens with one attached hydrogen (secondary N) is 2. The topological polar surface area (TPSA) is 98.7 Å². The number of carbonyl (C=O) groups is 3. The van der Waals surface area contributed by atoms with Gasteiger partial charge in [0.25, 0.3) is 5.91 Å². The van der Waals surface area contributed by atoms with Crippen molar-refractivity contribution in [2.24, 2.45) is 5.41 Å². The average molecular weight is 333 g/mol. The van der Waals surface area contributed by atoms with Crippen molar-refractivity contribution >= 4 is 23.6 Å². The molecule has 0 bridgehead atoms. The lowest BCUT2D eigenvalue weighted by atomic mass is 9.90. The molecule has 2 rings (SSSR count). The van der Waals surface area contributed by atoms with Gasteiger partial charge in [-0.2, -0.15) is 0 Å². The number of benzene rings is 1. The molecule has 0 aromatic heterocycles. The first-order valence-corrected chi connectivity index (χ1v) is 7.91. The van der Waals surface area contributed by atoms with Crippen molar-refractivity contribution in [2.75, 3.05) is 18.4 Å². The van der Waals surface area contributed by atoms with E-state index in [0.29, 0.717) is 24.2 Å². The number of carboxylic acid groups (broad SMARTS) is 1. The first kappa shape index (κ1) is 17.8. The van der Waals surface area contributed by atoms with Crippen LogP contribution in [0.4, 0.5) is 10.5 Å². The van der Waals surface area contributed by atoms with E-state index in [4.69, 9.17) is 0 Å². The highest BCUT2D eigenvalue weighted by Crippen LogP contribution is 2.30. The second-order valence-corrected chi connectivity index (χ2v) is 6.67. The van der Waals surface area contributed by atoms with Crippen LogP contribution in [0, 0.1) is 5.41 Å². The first-order valence-electron chi connectivity index (χ1n) is 7.91. The second-order valence-electron chi connectivity index (χ2n) is 6.67. The molecule has 1 aromatic carbocycles. The van der Waals surface area contributed by atoms with Crippen LogP contribution in [0.1, 0.15) is 37.6 Å². The molecule has 1 aromatic rings. The minimum absolute atomic E-state index is 0.0515. The van der Waals surface area contributed by atoms with Gasteiger partial charge < -0.3 is 20.6 Å². The van der Waals surface area contributed by atoms with Crippen molar-refractivity contribution in [3.05, 3.63) is 29.8 Å². The Bertz CT molecular complexity index is 642. The molecule has 0 saturated carbocycles. The molecule has 0 aliphatic carbocycles. The third-order valence-electron chi connectivity index (χ3n) is 4.09. The summed E-state index contributed by atoms with van der Waals surface area (Å²) < 4.78 is 0. The van der Waals surface area contributed by atoms with E-state index < -0.39 is 11.4 Å². The van der Waals surface area contributed by atoms with Gasteiger partial charge in [-0.25, -0.2) is 4.79 Å². The smallest absolute Gasteiger partial charge is 0.321 e. The molecule has 1 aliphatic heterocycles. The second kappa shape index (κ2) is 6.90. The van der Waals surface area contributed by atoms with Crippen molar-refractivity contribution in [2.45, 2.75) is 33.2 Å². The van der Waals surface area contributed by atoms with Gasteiger partial charge in [0.05, 0.1) is 5.41 Å². The summed E-state index contributed by atoms with van der Waals surface area (Å²) in [6.45, 7) is 6.00. The van der Waals surface area contributed by atoms with Crippen LogP contribution in [0.15, 0.2) is 24.3 Å². The molecule has 3 amide bonds. The predicted octanol–water partition coefficient (Wildman–Crippen LogP) is 2.15. The molecule has 7 heteroatoms. The number of rotatable bonds is 4. The van der Waals surface area contributed by atoms with E-state index in [1.165, 1.54) is 4.90 Å². The van der Waals surface area contributed by atoms with Crippen molar-refractivity contribution in [1.82, 2.24) is 10.2 Å². The number of urea groups is 1. The first-order chi connectivity index (χ1) is 11.2. The molecular formula is C17H23N3O4. The molecular weight excluding hydrogens is 310 g/mol. The van der Waals surface area contributed by atoms with Crippen LogP contribution in [0.2, 0.25) is 0 Å². The number of likely N-dealkylation sites (tertiary alicyclic amines) is 1. The summed E-state index contributed by atoms with van der Waals surface area (Å²) in [6, 6.07) is 6.30. The molecule has 3 N–H and O–H groups in total. The molecule has 7 nitrogen and oxygen atoms in total. The number of carboxylic acids is 1. The fraction of sp³-hybridized carbons (Fsp3) is 0.471. The molecule has 0 radical (unpaired) electrons. The summed E-state index contributed by atoms with van der Waals surface area (Å²) in [7, 11) is 0. The molecule has 0 spiro atoms. The Labute approximate surface area is 141 Å². The average Bonchev–Trinajstić information content (AvgIpc) is 2.91. The van der Waals surface area contributed by atoms with E-state index in [-0.39, 0.29) is 24.5 Å². The van der Waals surface area contributed by atoms with Gasteiger partial charge in [0.15, 0.2) is 0 Å². The molecule has 1 unspecified atom stereocenters. The largest absolute Gasteiger partial charge is 0.481 e. The van der Waals surface area contributed by atoms with Crippen LogP contribution in [0.5, 0.6) is 0 Å². The van der Waals surface area contributed by atoms with E-state index in [0.717, 1.165) is 0 Å². The Morgan fingerprint density at radius 1 is 1.21 bits per heavy atom. The summed E-state index contributed by atoms with van der Waals surface area (Å²) in [6.07, 6.45) is 0.435. The van der Waals surface area contributed by atoms with Gasteiger partial charge in [-0.15, -0.1) is 0 Å². The lowest BCUT2D eigenvalue weighted by molar-refractivity contribution is -0.146. The van der Waals surface area contributed by atoms with Crippen molar-refractivity contribution in [3.63, 3.8) is 0 Å². The molecule has 1 aliphatic rings. The maximum atomic E-state index is 12.2. The van der Waals surface area contributed by atoms with Gasteiger partial charge in [0.1, 0.15) is 0 Å². The van der Waals surface area contributed by atoms with Crippen LogP contribution in [0.25, 0.3) is 0 Å². The fourth-order valence-corrected chi connectivity index (χ4v) is 2.56. The summed E-state index contributed by atoms with van der Waals surface area (Å²) >= 11 is 0. The van der Waals surface area contributed by atoms with E-state index >= 15 is 0 Å². The predicted molar refractivity (Wildman–Crippen MR) is 90.0 cm³/mol. The maximum Gasteiger partial charge on any atom is 0.321 e. The summed E-state index contributed by atoms with van der Waals surface area (Å²) in [4.78, 5) is 36.8. The third kappa shape index (κ3) is 4.04. The van der Waals surface area contributed by atoms with Crippen molar-refractivity contribution < 1.29 is 19.5 Å². The van der Waals surface area contributed by atoms with Crippen LogP contribution in [0.3, 0.4) is 0 Å². The highest BCUT2D eigenvalue weighted by atomic mass is 16.4.